The Balaban J connectivity index is 2.10. The van der Waals surface area contributed by atoms with Crippen LogP contribution in [0.1, 0.15) is 26.2 Å². The summed E-state index contributed by atoms with van der Waals surface area (Å²) in [5.74, 6) is 0. The molecular formula is C9H16O2. The largest absolute Gasteiger partial charge is 0.396 e. The maximum absolute atomic E-state index is 9.28. The van der Waals surface area contributed by atoms with Crippen LogP contribution in [0.4, 0.5) is 0 Å². The highest BCUT2D eigenvalue weighted by molar-refractivity contribution is 5.03. The molecule has 2 fully saturated rings. The first-order valence-corrected chi connectivity index (χ1v) is 4.41. The van der Waals surface area contributed by atoms with E-state index in [-0.39, 0.29) is 5.41 Å². The van der Waals surface area contributed by atoms with Gasteiger partial charge in [0.15, 0.2) is 0 Å². The molecule has 0 bridgehead atoms. The van der Waals surface area contributed by atoms with Crippen molar-refractivity contribution in [1.29, 1.82) is 0 Å². The van der Waals surface area contributed by atoms with Gasteiger partial charge in [-0.2, -0.15) is 0 Å². The van der Waals surface area contributed by atoms with E-state index < -0.39 is 0 Å². The van der Waals surface area contributed by atoms with E-state index in [0.717, 1.165) is 13.2 Å². The molecule has 2 rings (SSSR count). The molecule has 0 amide bonds. The van der Waals surface area contributed by atoms with Gasteiger partial charge >= 0.3 is 0 Å². The summed E-state index contributed by atoms with van der Waals surface area (Å²) in [7, 11) is 0. The van der Waals surface area contributed by atoms with E-state index in [0.29, 0.717) is 12.0 Å². The molecule has 0 aromatic heterocycles. The average Bonchev–Trinajstić information content (AvgIpc) is 1.83. The quantitative estimate of drug-likeness (QED) is 0.650. The maximum atomic E-state index is 9.28. The normalized spacial score (nSPS) is 32.2. The molecule has 1 saturated carbocycles. The summed E-state index contributed by atoms with van der Waals surface area (Å²) in [6, 6.07) is 0. The summed E-state index contributed by atoms with van der Waals surface area (Å²) in [5.41, 5.74) is 0.519. The van der Waals surface area contributed by atoms with E-state index in [1.54, 1.807) is 0 Å². The number of ether oxygens (including phenoxy) is 1. The van der Waals surface area contributed by atoms with Gasteiger partial charge in [-0.25, -0.2) is 0 Å². The van der Waals surface area contributed by atoms with Gasteiger partial charge in [-0.3, -0.25) is 0 Å². The fourth-order valence-corrected chi connectivity index (χ4v) is 2.27. The minimum absolute atomic E-state index is 0.227. The molecule has 1 N–H and O–H groups in total. The van der Waals surface area contributed by atoms with Crippen LogP contribution in [0.25, 0.3) is 0 Å². The van der Waals surface area contributed by atoms with Crippen LogP contribution in [0.2, 0.25) is 0 Å². The van der Waals surface area contributed by atoms with Crippen LogP contribution in [0, 0.1) is 10.8 Å². The summed E-state index contributed by atoms with van der Waals surface area (Å²) < 4.78 is 5.21. The van der Waals surface area contributed by atoms with Gasteiger partial charge < -0.3 is 9.84 Å². The predicted octanol–water partition coefficient (Wildman–Crippen LogP) is 1.19. The van der Waals surface area contributed by atoms with Crippen molar-refractivity contribution in [2.24, 2.45) is 10.8 Å². The van der Waals surface area contributed by atoms with Gasteiger partial charge in [-0.1, -0.05) is 13.3 Å². The lowest BCUT2D eigenvalue weighted by molar-refractivity contribution is -0.213. The van der Waals surface area contributed by atoms with Gasteiger partial charge in [0, 0.05) is 17.4 Å². The topological polar surface area (TPSA) is 29.5 Å². The molecule has 2 heteroatoms. The van der Waals surface area contributed by atoms with Gasteiger partial charge in [0.1, 0.15) is 0 Å². The molecule has 2 aliphatic rings. The number of rotatable bonds is 2. The Bertz CT molecular complexity index is 151. The van der Waals surface area contributed by atoms with Crippen molar-refractivity contribution in [1.82, 2.24) is 0 Å². The molecule has 0 aromatic rings. The van der Waals surface area contributed by atoms with Crippen molar-refractivity contribution in [2.45, 2.75) is 26.2 Å². The molecule has 0 unspecified atom stereocenters. The zero-order chi connectivity index (χ0) is 7.95. The monoisotopic (exact) mass is 156 g/mol. The second-order valence-corrected chi connectivity index (χ2v) is 4.35. The van der Waals surface area contributed by atoms with E-state index in [9.17, 15) is 5.11 Å². The summed E-state index contributed by atoms with van der Waals surface area (Å²) in [4.78, 5) is 0. The molecule has 0 aromatic carbocycles. The van der Waals surface area contributed by atoms with Crippen molar-refractivity contribution in [2.75, 3.05) is 19.8 Å². The molecule has 1 heterocycles. The van der Waals surface area contributed by atoms with Gasteiger partial charge in [0.05, 0.1) is 13.2 Å². The van der Waals surface area contributed by atoms with E-state index in [2.05, 4.69) is 6.92 Å². The Morgan fingerprint density at radius 1 is 1.36 bits per heavy atom. The van der Waals surface area contributed by atoms with Crippen molar-refractivity contribution < 1.29 is 9.84 Å². The Morgan fingerprint density at radius 3 is 2.09 bits per heavy atom. The third-order valence-electron chi connectivity index (χ3n) is 3.73. The van der Waals surface area contributed by atoms with Crippen LogP contribution >= 0.6 is 0 Å². The molecule has 0 spiro atoms. The minimum Gasteiger partial charge on any atom is -0.396 e. The standard InChI is InChI=1S/C9H16O2/c1-8(6-11-7-8)9(5-10)3-2-4-9/h10H,2-7H2,1H3. The lowest BCUT2D eigenvalue weighted by Gasteiger charge is -2.57. The maximum Gasteiger partial charge on any atom is 0.0548 e. The highest BCUT2D eigenvalue weighted by Crippen LogP contribution is 2.56. The first-order chi connectivity index (χ1) is 5.22. The zero-order valence-corrected chi connectivity index (χ0v) is 7.10. The number of aliphatic hydroxyl groups is 1. The Morgan fingerprint density at radius 2 is 2.00 bits per heavy atom. The van der Waals surface area contributed by atoms with Crippen molar-refractivity contribution in [3.05, 3.63) is 0 Å². The van der Waals surface area contributed by atoms with Crippen molar-refractivity contribution in [3.8, 4) is 0 Å². The first kappa shape index (κ1) is 7.56. The molecule has 0 atom stereocenters. The Hall–Kier alpha value is -0.0800. The SMILES string of the molecule is CC1(C2(CO)CCC2)COC1. The van der Waals surface area contributed by atoms with Crippen LogP contribution in [-0.2, 0) is 4.74 Å². The van der Waals surface area contributed by atoms with Crippen LogP contribution < -0.4 is 0 Å². The molecular weight excluding hydrogens is 140 g/mol. The summed E-state index contributed by atoms with van der Waals surface area (Å²) in [5, 5.41) is 9.28. The number of hydrogen-bond acceptors (Lipinski definition) is 2. The molecule has 2 nitrogen and oxygen atoms in total. The van der Waals surface area contributed by atoms with Gasteiger partial charge in [-0.05, 0) is 12.8 Å². The lowest BCUT2D eigenvalue weighted by atomic mass is 9.53. The highest BCUT2D eigenvalue weighted by Gasteiger charge is 2.55. The van der Waals surface area contributed by atoms with Gasteiger partial charge in [0.2, 0.25) is 0 Å². The molecule has 1 aliphatic carbocycles. The molecule has 64 valence electrons. The van der Waals surface area contributed by atoms with Crippen LogP contribution in [-0.4, -0.2) is 24.9 Å². The van der Waals surface area contributed by atoms with Crippen LogP contribution in [0.5, 0.6) is 0 Å². The summed E-state index contributed by atoms with van der Waals surface area (Å²) in [6.07, 6.45) is 3.68. The number of aliphatic hydroxyl groups excluding tert-OH is 1. The average molecular weight is 156 g/mol. The second kappa shape index (κ2) is 2.20. The molecule has 11 heavy (non-hydrogen) atoms. The first-order valence-electron chi connectivity index (χ1n) is 4.41. The van der Waals surface area contributed by atoms with Gasteiger partial charge in [-0.15, -0.1) is 0 Å². The molecule has 0 radical (unpaired) electrons. The van der Waals surface area contributed by atoms with Crippen molar-refractivity contribution in [3.63, 3.8) is 0 Å². The lowest BCUT2D eigenvalue weighted by Crippen LogP contribution is -2.58. The predicted molar refractivity (Wildman–Crippen MR) is 42.3 cm³/mol. The van der Waals surface area contributed by atoms with Gasteiger partial charge in [0.25, 0.3) is 0 Å². The van der Waals surface area contributed by atoms with Crippen LogP contribution in [0.15, 0.2) is 0 Å². The number of hydrogen-bond donors (Lipinski definition) is 1. The minimum atomic E-state index is 0.227. The van der Waals surface area contributed by atoms with E-state index in [4.69, 9.17) is 4.74 Å². The Labute approximate surface area is 67.6 Å². The smallest absolute Gasteiger partial charge is 0.0548 e. The highest BCUT2D eigenvalue weighted by atomic mass is 16.5. The molecule has 1 aliphatic heterocycles. The Kier molecular flexibility index (Phi) is 1.52. The van der Waals surface area contributed by atoms with E-state index in [1.165, 1.54) is 19.3 Å². The summed E-state index contributed by atoms with van der Waals surface area (Å²) in [6.45, 7) is 4.31. The summed E-state index contributed by atoms with van der Waals surface area (Å²) >= 11 is 0. The van der Waals surface area contributed by atoms with Crippen LogP contribution in [0.3, 0.4) is 0 Å². The zero-order valence-electron chi connectivity index (χ0n) is 7.10. The van der Waals surface area contributed by atoms with E-state index >= 15 is 0 Å². The molecule has 1 saturated heterocycles. The van der Waals surface area contributed by atoms with E-state index in [1.807, 2.05) is 0 Å². The fourth-order valence-electron chi connectivity index (χ4n) is 2.27. The third kappa shape index (κ3) is 0.798. The second-order valence-electron chi connectivity index (χ2n) is 4.35. The third-order valence-corrected chi connectivity index (χ3v) is 3.73. The fraction of sp³-hybridized carbons (Fsp3) is 1.00. The van der Waals surface area contributed by atoms with Crippen molar-refractivity contribution >= 4 is 0 Å².